The number of aromatic nitrogens is 2. The van der Waals surface area contributed by atoms with Gasteiger partial charge in [0.25, 0.3) is 0 Å². The van der Waals surface area contributed by atoms with E-state index < -0.39 is 0 Å². The Morgan fingerprint density at radius 1 is 1.42 bits per heavy atom. The smallest absolute Gasteiger partial charge is 0.146 e. The Hall–Kier alpha value is -1.29. The molecule has 1 heterocycles. The van der Waals surface area contributed by atoms with E-state index in [2.05, 4.69) is 9.97 Å². The highest BCUT2D eigenvalue weighted by atomic mass is 16.1. The standard InChI is InChI=1S/C8H11N3O/c9-3-8(12)2-1-7-4-10-6-11-5-7/h4-6H,1-3,9H2. The highest BCUT2D eigenvalue weighted by Crippen LogP contribution is 1.98. The molecule has 0 radical (unpaired) electrons. The third kappa shape index (κ3) is 2.75. The molecular weight excluding hydrogens is 154 g/mol. The van der Waals surface area contributed by atoms with Gasteiger partial charge in [-0.15, -0.1) is 0 Å². The number of nitrogens with zero attached hydrogens (tertiary/aromatic N) is 2. The minimum Gasteiger partial charge on any atom is -0.324 e. The number of Topliss-reactive ketones (excluding diaryl/α,β-unsaturated/α-hetero) is 1. The lowest BCUT2D eigenvalue weighted by Crippen LogP contribution is -2.13. The van der Waals surface area contributed by atoms with Gasteiger partial charge in [0.2, 0.25) is 0 Å². The van der Waals surface area contributed by atoms with Gasteiger partial charge in [0.1, 0.15) is 12.1 Å². The van der Waals surface area contributed by atoms with Crippen LogP contribution in [0.2, 0.25) is 0 Å². The molecule has 2 N–H and O–H groups in total. The zero-order valence-electron chi connectivity index (χ0n) is 6.73. The highest BCUT2D eigenvalue weighted by Gasteiger charge is 1.99. The molecule has 12 heavy (non-hydrogen) atoms. The van der Waals surface area contributed by atoms with Crippen LogP contribution < -0.4 is 5.73 Å². The number of hydrogen-bond acceptors (Lipinski definition) is 4. The molecule has 0 amide bonds. The second kappa shape index (κ2) is 4.56. The lowest BCUT2D eigenvalue weighted by molar-refractivity contribution is -0.117. The first kappa shape index (κ1) is 8.80. The molecule has 64 valence electrons. The molecule has 0 aliphatic carbocycles. The molecule has 4 heteroatoms. The SMILES string of the molecule is NCC(=O)CCc1cncnc1. The Kier molecular flexibility index (Phi) is 3.35. The fourth-order valence-corrected chi connectivity index (χ4v) is 0.845. The van der Waals surface area contributed by atoms with Gasteiger partial charge in [-0.05, 0) is 12.0 Å². The summed E-state index contributed by atoms with van der Waals surface area (Å²) in [4.78, 5) is 18.5. The van der Waals surface area contributed by atoms with Gasteiger partial charge < -0.3 is 5.73 Å². The first-order valence-corrected chi connectivity index (χ1v) is 3.78. The Bertz CT molecular complexity index is 248. The molecule has 1 aromatic heterocycles. The summed E-state index contributed by atoms with van der Waals surface area (Å²) in [7, 11) is 0. The molecule has 0 atom stereocenters. The van der Waals surface area contributed by atoms with E-state index in [4.69, 9.17) is 5.73 Å². The Labute approximate surface area is 70.8 Å². The van der Waals surface area contributed by atoms with Crippen LogP contribution in [0, 0.1) is 0 Å². The first-order chi connectivity index (χ1) is 5.83. The summed E-state index contributed by atoms with van der Waals surface area (Å²) in [5.74, 6) is 0.0684. The van der Waals surface area contributed by atoms with E-state index in [0.29, 0.717) is 12.8 Å². The van der Waals surface area contributed by atoms with Crippen molar-refractivity contribution in [2.24, 2.45) is 5.73 Å². The zero-order chi connectivity index (χ0) is 8.81. The van der Waals surface area contributed by atoms with Crippen LogP contribution in [-0.4, -0.2) is 22.3 Å². The van der Waals surface area contributed by atoms with Gasteiger partial charge in [-0.25, -0.2) is 9.97 Å². The summed E-state index contributed by atoms with van der Waals surface area (Å²) in [6, 6.07) is 0. The number of nitrogens with two attached hydrogens (primary N) is 1. The van der Waals surface area contributed by atoms with Gasteiger partial charge in [-0.2, -0.15) is 0 Å². The second-order valence-electron chi connectivity index (χ2n) is 2.49. The second-order valence-corrected chi connectivity index (χ2v) is 2.49. The molecule has 0 spiro atoms. The van der Waals surface area contributed by atoms with Crippen molar-refractivity contribution in [3.63, 3.8) is 0 Å². The Morgan fingerprint density at radius 2 is 2.08 bits per heavy atom. The van der Waals surface area contributed by atoms with Crippen LogP contribution in [0.25, 0.3) is 0 Å². The summed E-state index contributed by atoms with van der Waals surface area (Å²) in [6.45, 7) is 0.119. The maximum absolute atomic E-state index is 10.8. The minimum absolute atomic E-state index is 0.0684. The van der Waals surface area contributed by atoms with Crippen molar-refractivity contribution in [1.29, 1.82) is 0 Å². The fraction of sp³-hybridized carbons (Fsp3) is 0.375. The zero-order valence-corrected chi connectivity index (χ0v) is 6.73. The van der Waals surface area contributed by atoms with E-state index in [1.54, 1.807) is 12.4 Å². The van der Waals surface area contributed by atoms with Crippen molar-refractivity contribution >= 4 is 5.78 Å². The predicted octanol–water partition coefficient (Wildman–Crippen LogP) is -0.0630. The number of aryl methyl sites for hydroxylation is 1. The van der Waals surface area contributed by atoms with Gasteiger partial charge in [-0.3, -0.25) is 4.79 Å². The van der Waals surface area contributed by atoms with Gasteiger partial charge in [0.05, 0.1) is 6.54 Å². The van der Waals surface area contributed by atoms with E-state index in [9.17, 15) is 4.79 Å². The van der Waals surface area contributed by atoms with Gasteiger partial charge in [-0.1, -0.05) is 0 Å². The van der Waals surface area contributed by atoms with Crippen LogP contribution in [0.1, 0.15) is 12.0 Å². The van der Waals surface area contributed by atoms with Crippen LogP contribution in [0.5, 0.6) is 0 Å². The van der Waals surface area contributed by atoms with Crippen molar-refractivity contribution in [3.8, 4) is 0 Å². The van der Waals surface area contributed by atoms with E-state index in [0.717, 1.165) is 5.56 Å². The molecule has 4 nitrogen and oxygen atoms in total. The molecule has 0 bridgehead atoms. The van der Waals surface area contributed by atoms with Gasteiger partial charge in [0.15, 0.2) is 0 Å². The number of ketones is 1. The van der Waals surface area contributed by atoms with E-state index in [-0.39, 0.29) is 12.3 Å². The molecule has 1 rings (SSSR count). The van der Waals surface area contributed by atoms with Crippen molar-refractivity contribution in [1.82, 2.24) is 9.97 Å². The van der Waals surface area contributed by atoms with Crippen LogP contribution in [0.3, 0.4) is 0 Å². The molecule has 0 aliphatic heterocycles. The van der Waals surface area contributed by atoms with E-state index in [1.807, 2.05) is 0 Å². The molecule has 0 aliphatic rings. The average Bonchev–Trinajstić information content (AvgIpc) is 2.16. The summed E-state index contributed by atoms with van der Waals surface area (Å²) in [5.41, 5.74) is 6.13. The largest absolute Gasteiger partial charge is 0.324 e. The van der Waals surface area contributed by atoms with Crippen LogP contribution >= 0.6 is 0 Å². The number of carbonyl (C=O) groups excluding carboxylic acids is 1. The van der Waals surface area contributed by atoms with Crippen molar-refractivity contribution in [3.05, 3.63) is 24.3 Å². The highest BCUT2D eigenvalue weighted by molar-refractivity contribution is 5.80. The Balaban J connectivity index is 2.38. The predicted molar refractivity (Wildman–Crippen MR) is 44.4 cm³/mol. The molecule has 0 unspecified atom stereocenters. The van der Waals surface area contributed by atoms with Crippen molar-refractivity contribution in [2.75, 3.05) is 6.54 Å². The van der Waals surface area contributed by atoms with Crippen molar-refractivity contribution in [2.45, 2.75) is 12.8 Å². The summed E-state index contributed by atoms with van der Waals surface area (Å²) in [5, 5.41) is 0. The number of hydrogen-bond donors (Lipinski definition) is 1. The van der Waals surface area contributed by atoms with Gasteiger partial charge in [0, 0.05) is 18.8 Å². The monoisotopic (exact) mass is 165 g/mol. The third-order valence-electron chi connectivity index (χ3n) is 1.53. The Morgan fingerprint density at radius 3 is 2.67 bits per heavy atom. The van der Waals surface area contributed by atoms with E-state index >= 15 is 0 Å². The number of carbonyl (C=O) groups is 1. The number of rotatable bonds is 4. The lowest BCUT2D eigenvalue weighted by atomic mass is 10.1. The summed E-state index contributed by atoms with van der Waals surface area (Å²) < 4.78 is 0. The normalized spacial score (nSPS) is 9.75. The summed E-state index contributed by atoms with van der Waals surface area (Å²) >= 11 is 0. The first-order valence-electron chi connectivity index (χ1n) is 3.78. The minimum atomic E-state index is 0.0684. The average molecular weight is 165 g/mol. The summed E-state index contributed by atoms with van der Waals surface area (Å²) in [6.07, 6.45) is 6.03. The molecule has 1 aromatic rings. The van der Waals surface area contributed by atoms with Crippen LogP contribution in [-0.2, 0) is 11.2 Å². The quantitative estimate of drug-likeness (QED) is 0.678. The van der Waals surface area contributed by atoms with Gasteiger partial charge >= 0.3 is 0 Å². The van der Waals surface area contributed by atoms with Crippen LogP contribution in [0.4, 0.5) is 0 Å². The molecule has 0 saturated heterocycles. The van der Waals surface area contributed by atoms with Crippen LogP contribution in [0.15, 0.2) is 18.7 Å². The maximum atomic E-state index is 10.8. The third-order valence-corrected chi connectivity index (χ3v) is 1.53. The van der Waals surface area contributed by atoms with E-state index in [1.165, 1.54) is 6.33 Å². The maximum Gasteiger partial charge on any atom is 0.146 e. The fourth-order valence-electron chi connectivity index (χ4n) is 0.845. The lowest BCUT2D eigenvalue weighted by Gasteiger charge is -1.96. The molecule has 0 fully saturated rings. The molecular formula is C8H11N3O. The molecule has 0 aromatic carbocycles. The topological polar surface area (TPSA) is 68.9 Å². The molecule has 0 saturated carbocycles. The van der Waals surface area contributed by atoms with Crippen molar-refractivity contribution < 1.29 is 4.79 Å².